The Morgan fingerprint density at radius 3 is 2.79 bits per heavy atom. The Kier molecular flexibility index (Phi) is 4.77. The lowest BCUT2D eigenvalue weighted by Crippen LogP contribution is -2.36. The summed E-state index contributed by atoms with van der Waals surface area (Å²) >= 11 is 0. The molecule has 19 heavy (non-hydrogen) atoms. The lowest BCUT2D eigenvalue weighted by Gasteiger charge is -2.32. The lowest BCUT2D eigenvalue weighted by atomic mass is 9.96. The minimum atomic E-state index is -0.432. The number of hydrogen-bond donors (Lipinski definition) is 1. The van der Waals surface area contributed by atoms with Gasteiger partial charge in [0.05, 0.1) is 6.10 Å². The van der Waals surface area contributed by atoms with Gasteiger partial charge < -0.3 is 14.9 Å². The van der Waals surface area contributed by atoms with Crippen molar-refractivity contribution in [2.24, 2.45) is 5.92 Å². The van der Waals surface area contributed by atoms with Gasteiger partial charge in [0, 0.05) is 19.8 Å². The number of likely N-dealkylation sites (tertiary alicyclic amines) is 1. The van der Waals surface area contributed by atoms with Gasteiger partial charge in [-0.3, -0.25) is 0 Å². The van der Waals surface area contributed by atoms with Gasteiger partial charge in [0.15, 0.2) is 0 Å². The van der Waals surface area contributed by atoms with Crippen LogP contribution in [0, 0.1) is 5.92 Å². The minimum absolute atomic E-state index is 0.432. The first-order chi connectivity index (χ1) is 9.06. The topological polar surface area (TPSA) is 39.6 Å². The Balaban J connectivity index is 1.95. The quantitative estimate of drug-likeness (QED) is 0.901. The molecule has 0 saturated carbocycles. The summed E-state index contributed by atoms with van der Waals surface area (Å²) in [6, 6.07) is 3.86. The van der Waals surface area contributed by atoms with Gasteiger partial charge in [-0.15, -0.1) is 0 Å². The average molecular weight is 263 g/mol. The molecule has 2 rings (SSSR count). The van der Waals surface area contributed by atoms with Crippen LogP contribution in [0.5, 0.6) is 0 Å². The summed E-state index contributed by atoms with van der Waals surface area (Å²) in [5, 5.41) is 9.63. The summed E-state index contributed by atoms with van der Waals surface area (Å²) in [6.45, 7) is 5.22. The van der Waals surface area contributed by atoms with Crippen LogP contribution in [-0.2, 0) is 0 Å². The van der Waals surface area contributed by atoms with E-state index in [1.165, 1.54) is 25.9 Å². The van der Waals surface area contributed by atoms with Gasteiger partial charge in [-0.25, -0.2) is 4.98 Å². The predicted molar refractivity (Wildman–Crippen MR) is 78.4 cm³/mol. The first kappa shape index (κ1) is 14.3. The van der Waals surface area contributed by atoms with E-state index in [1.807, 2.05) is 12.1 Å². The highest BCUT2D eigenvalue weighted by Gasteiger charge is 2.18. The number of rotatable bonds is 4. The number of anilines is 1. The van der Waals surface area contributed by atoms with Gasteiger partial charge >= 0.3 is 0 Å². The highest BCUT2D eigenvalue weighted by atomic mass is 16.3. The highest BCUT2D eigenvalue weighted by Crippen LogP contribution is 2.21. The standard InChI is InChI=1S/C15H25N3O/c1-12(19)14-4-7-16-15(10-14)18(3)11-13-5-8-17(2)9-6-13/h4,7,10,12-13,19H,5-6,8-9,11H2,1-3H3. The Labute approximate surface area is 116 Å². The normalized spacial score (nSPS) is 19.4. The van der Waals surface area contributed by atoms with Gasteiger partial charge in [0.1, 0.15) is 5.82 Å². The first-order valence-electron chi connectivity index (χ1n) is 7.10. The number of pyridine rings is 1. The Hall–Kier alpha value is -1.13. The zero-order chi connectivity index (χ0) is 13.8. The van der Waals surface area contributed by atoms with E-state index in [-0.39, 0.29) is 0 Å². The SMILES string of the molecule is CC(O)c1ccnc(N(C)CC2CCN(C)CC2)c1. The fourth-order valence-electron chi connectivity index (χ4n) is 2.63. The third-order valence-electron chi connectivity index (χ3n) is 4.01. The van der Waals surface area contributed by atoms with Gasteiger partial charge in [-0.1, -0.05) is 0 Å². The lowest BCUT2D eigenvalue weighted by molar-refractivity contribution is 0.199. The molecule has 0 radical (unpaired) electrons. The Morgan fingerprint density at radius 1 is 1.47 bits per heavy atom. The molecular formula is C15H25N3O. The van der Waals surface area contributed by atoms with Gasteiger partial charge in [-0.05, 0) is 63.5 Å². The maximum absolute atomic E-state index is 9.63. The molecule has 1 saturated heterocycles. The molecule has 4 nitrogen and oxygen atoms in total. The largest absolute Gasteiger partial charge is 0.389 e. The average Bonchev–Trinajstić information content (AvgIpc) is 2.41. The van der Waals surface area contributed by atoms with Crippen LogP contribution in [0.25, 0.3) is 0 Å². The van der Waals surface area contributed by atoms with E-state index >= 15 is 0 Å². The molecule has 2 heterocycles. The predicted octanol–water partition coefficient (Wildman–Crippen LogP) is 1.91. The van der Waals surface area contributed by atoms with Crippen LogP contribution in [0.15, 0.2) is 18.3 Å². The molecule has 0 spiro atoms. The molecule has 106 valence electrons. The number of nitrogens with zero attached hydrogens (tertiary/aromatic N) is 3. The highest BCUT2D eigenvalue weighted by molar-refractivity contribution is 5.40. The molecule has 1 aromatic heterocycles. The van der Waals surface area contributed by atoms with Crippen LogP contribution >= 0.6 is 0 Å². The van der Waals surface area contributed by atoms with Crippen LogP contribution in [0.3, 0.4) is 0 Å². The second-order valence-electron chi connectivity index (χ2n) is 5.75. The van der Waals surface area contributed by atoms with E-state index in [1.54, 1.807) is 13.1 Å². The van der Waals surface area contributed by atoms with Crippen molar-refractivity contribution < 1.29 is 5.11 Å². The molecule has 1 aliphatic rings. The summed E-state index contributed by atoms with van der Waals surface area (Å²) in [6.07, 6.45) is 3.87. The molecule has 0 aromatic carbocycles. The summed E-state index contributed by atoms with van der Waals surface area (Å²) in [5.41, 5.74) is 0.931. The molecule has 1 atom stereocenters. The van der Waals surface area contributed by atoms with Crippen molar-refractivity contribution in [2.75, 3.05) is 38.6 Å². The molecular weight excluding hydrogens is 238 g/mol. The summed E-state index contributed by atoms with van der Waals surface area (Å²) in [4.78, 5) is 9.01. The van der Waals surface area contributed by atoms with Crippen LogP contribution in [-0.4, -0.2) is 48.7 Å². The zero-order valence-electron chi connectivity index (χ0n) is 12.2. The van der Waals surface area contributed by atoms with Gasteiger partial charge in [-0.2, -0.15) is 0 Å². The minimum Gasteiger partial charge on any atom is -0.389 e. The van der Waals surface area contributed by atoms with Crippen LogP contribution < -0.4 is 4.90 Å². The molecule has 0 aliphatic carbocycles. The zero-order valence-corrected chi connectivity index (χ0v) is 12.2. The van der Waals surface area contributed by atoms with E-state index in [9.17, 15) is 5.11 Å². The van der Waals surface area contributed by atoms with E-state index in [0.29, 0.717) is 0 Å². The molecule has 1 unspecified atom stereocenters. The number of aliphatic hydroxyl groups excluding tert-OH is 1. The second-order valence-corrected chi connectivity index (χ2v) is 5.75. The van der Waals surface area contributed by atoms with E-state index in [2.05, 4.69) is 28.9 Å². The van der Waals surface area contributed by atoms with Crippen molar-refractivity contribution in [3.05, 3.63) is 23.9 Å². The van der Waals surface area contributed by atoms with Gasteiger partial charge in [0.25, 0.3) is 0 Å². The maximum atomic E-state index is 9.63. The fourth-order valence-corrected chi connectivity index (χ4v) is 2.63. The second kappa shape index (κ2) is 6.35. The molecule has 1 aromatic rings. The molecule has 1 aliphatic heterocycles. The summed E-state index contributed by atoms with van der Waals surface area (Å²) in [7, 11) is 4.28. The van der Waals surface area contributed by atoms with Crippen molar-refractivity contribution in [1.29, 1.82) is 0 Å². The fraction of sp³-hybridized carbons (Fsp3) is 0.667. The number of hydrogen-bond acceptors (Lipinski definition) is 4. The Bertz CT molecular complexity index is 400. The maximum Gasteiger partial charge on any atom is 0.128 e. The van der Waals surface area contributed by atoms with Crippen LogP contribution in [0.4, 0.5) is 5.82 Å². The molecule has 1 N–H and O–H groups in total. The number of aromatic nitrogens is 1. The van der Waals surface area contributed by atoms with E-state index in [0.717, 1.165) is 23.8 Å². The van der Waals surface area contributed by atoms with Gasteiger partial charge in [0.2, 0.25) is 0 Å². The van der Waals surface area contributed by atoms with Crippen LogP contribution in [0.1, 0.15) is 31.4 Å². The van der Waals surface area contributed by atoms with Crippen molar-refractivity contribution in [3.8, 4) is 0 Å². The third kappa shape index (κ3) is 3.91. The van der Waals surface area contributed by atoms with Crippen molar-refractivity contribution >= 4 is 5.82 Å². The molecule has 0 amide bonds. The smallest absolute Gasteiger partial charge is 0.128 e. The van der Waals surface area contributed by atoms with E-state index < -0.39 is 6.10 Å². The number of aliphatic hydroxyl groups is 1. The van der Waals surface area contributed by atoms with Crippen molar-refractivity contribution in [1.82, 2.24) is 9.88 Å². The molecule has 1 fully saturated rings. The Morgan fingerprint density at radius 2 is 2.16 bits per heavy atom. The summed E-state index contributed by atoms with van der Waals surface area (Å²) in [5.74, 6) is 1.70. The third-order valence-corrected chi connectivity index (χ3v) is 4.01. The van der Waals surface area contributed by atoms with Crippen LogP contribution in [0.2, 0.25) is 0 Å². The van der Waals surface area contributed by atoms with E-state index in [4.69, 9.17) is 0 Å². The van der Waals surface area contributed by atoms with Crippen molar-refractivity contribution in [3.63, 3.8) is 0 Å². The number of piperidine rings is 1. The first-order valence-corrected chi connectivity index (χ1v) is 7.10. The van der Waals surface area contributed by atoms with Crippen molar-refractivity contribution in [2.45, 2.75) is 25.9 Å². The molecule has 4 heteroatoms. The monoisotopic (exact) mass is 263 g/mol. The summed E-state index contributed by atoms with van der Waals surface area (Å²) < 4.78 is 0. The molecule has 0 bridgehead atoms.